The topological polar surface area (TPSA) is 89.1 Å². The first-order valence-corrected chi connectivity index (χ1v) is 14.6. The van der Waals surface area contributed by atoms with Crippen LogP contribution in [0.5, 0.6) is 5.75 Å². The maximum Gasteiger partial charge on any atom is 0.224 e. The number of carbonyl (C=O) groups is 1. The number of amides is 1. The molecule has 0 saturated heterocycles. The Morgan fingerprint density at radius 2 is 1.94 bits per heavy atom. The van der Waals surface area contributed by atoms with Crippen LogP contribution >= 0.6 is 0 Å². The molecule has 0 aromatic heterocycles. The van der Waals surface area contributed by atoms with Crippen molar-refractivity contribution in [2.75, 3.05) is 33.4 Å². The first-order valence-electron chi connectivity index (χ1n) is 11.6. The van der Waals surface area contributed by atoms with Crippen molar-refractivity contribution < 1.29 is 23.8 Å². The molecule has 7 nitrogen and oxygen atoms in total. The molecule has 2 aliphatic rings. The van der Waals surface area contributed by atoms with Gasteiger partial charge in [-0.25, -0.2) is 0 Å². The van der Waals surface area contributed by atoms with Crippen molar-refractivity contribution in [1.82, 2.24) is 10.6 Å². The number of hydrogen-bond acceptors (Lipinski definition) is 6. The Morgan fingerprint density at radius 3 is 2.62 bits per heavy atom. The standard InChI is InChI=1S/C24H40N2O5Si/c1-24(2,3)32(5,6)30-14-12-26-23(28)17-15-18(25-11-13-29-4)21(27)22-20(17)16-9-7-8-10-19(16)31-22/h7-10,17-18,20-22,25,27H,11-15H2,1-6H3,(H,26,28)/t17?,18-,20+,21+,22+/m1/s1. The van der Waals surface area contributed by atoms with Gasteiger partial charge in [0.15, 0.2) is 8.32 Å². The number of aliphatic hydroxyl groups excluding tert-OH is 1. The second kappa shape index (κ2) is 10.2. The molecule has 1 saturated carbocycles. The van der Waals surface area contributed by atoms with Gasteiger partial charge in [-0.3, -0.25) is 4.79 Å². The van der Waals surface area contributed by atoms with Crippen molar-refractivity contribution in [3.05, 3.63) is 29.8 Å². The molecule has 0 spiro atoms. The number of benzene rings is 1. The molecule has 1 heterocycles. The molecule has 1 aliphatic heterocycles. The fraction of sp³-hybridized carbons (Fsp3) is 0.708. The van der Waals surface area contributed by atoms with E-state index < -0.39 is 20.5 Å². The summed E-state index contributed by atoms with van der Waals surface area (Å²) < 4.78 is 17.5. The van der Waals surface area contributed by atoms with E-state index in [0.29, 0.717) is 32.7 Å². The summed E-state index contributed by atoms with van der Waals surface area (Å²) in [5.41, 5.74) is 1.00. The number of aliphatic hydroxyl groups is 1. The zero-order chi connectivity index (χ0) is 23.5. The molecule has 1 unspecified atom stereocenters. The molecule has 32 heavy (non-hydrogen) atoms. The second-order valence-corrected chi connectivity index (χ2v) is 15.2. The molecule has 1 aromatic rings. The van der Waals surface area contributed by atoms with E-state index >= 15 is 0 Å². The van der Waals surface area contributed by atoms with E-state index in [9.17, 15) is 9.90 Å². The fourth-order valence-corrected chi connectivity index (χ4v) is 5.47. The summed E-state index contributed by atoms with van der Waals surface area (Å²) in [5, 5.41) is 17.6. The van der Waals surface area contributed by atoms with Crippen molar-refractivity contribution in [3.8, 4) is 5.75 Å². The number of ether oxygens (including phenoxy) is 2. The van der Waals surface area contributed by atoms with E-state index in [0.717, 1.165) is 11.3 Å². The van der Waals surface area contributed by atoms with Gasteiger partial charge in [-0.15, -0.1) is 0 Å². The first-order chi connectivity index (χ1) is 15.1. The number of carbonyl (C=O) groups excluding carboxylic acids is 1. The molecule has 1 aliphatic carbocycles. The summed E-state index contributed by atoms with van der Waals surface area (Å²) in [6.07, 6.45) is -0.603. The molecular weight excluding hydrogens is 424 g/mol. The van der Waals surface area contributed by atoms with Gasteiger partial charge in [-0.2, -0.15) is 0 Å². The van der Waals surface area contributed by atoms with Crippen molar-refractivity contribution >= 4 is 14.2 Å². The third kappa shape index (κ3) is 5.36. The van der Waals surface area contributed by atoms with Gasteiger partial charge < -0.3 is 29.6 Å². The van der Waals surface area contributed by atoms with Gasteiger partial charge in [0.05, 0.1) is 19.1 Å². The Kier molecular flexibility index (Phi) is 8.04. The molecule has 8 heteroatoms. The average Bonchev–Trinajstić information content (AvgIpc) is 3.12. The van der Waals surface area contributed by atoms with Crippen LogP contribution in [0.3, 0.4) is 0 Å². The Balaban J connectivity index is 1.68. The Bertz CT molecular complexity index is 782. The lowest BCUT2D eigenvalue weighted by molar-refractivity contribution is -0.130. The number of nitrogens with one attached hydrogen (secondary N) is 2. The second-order valence-electron chi connectivity index (χ2n) is 10.4. The summed E-state index contributed by atoms with van der Waals surface area (Å²) in [6, 6.07) is 7.56. The van der Waals surface area contributed by atoms with E-state index in [1.54, 1.807) is 7.11 Å². The van der Waals surface area contributed by atoms with Gasteiger partial charge in [-0.05, 0) is 30.6 Å². The van der Waals surface area contributed by atoms with Crippen LogP contribution in [0.25, 0.3) is 0 Å². The zero-order valence-corrected chi connectivity index (χ0v) is 21.3. The van der Waals surface area contributed by atoms with E-state index in [4.69, 9.17) is 13.9 Å². The number of methoxy groups -OCH3 is 1. The Labute approximate surface area is 193 Å². The smallest absolute Gasteiger partial charge is 0.224 e. The monoisotopic (exact) mass is 464 g/mol. The first kappa shape index (κ1) is 25.2. The summed E-state index contributed by atoms with van der Waals surface area (Å²) in [6.45, 7) is 13.2. The minimum atomic E-state index is -1.85. The number of fused-ring (bicyclic) bond motifs is 3. The highest BCUT2D eigenvalue weighted by Gasteiger charge is 2.52. The third-order valence-electron chi connectivity index (χ3n) is 7.31. The molecule has 1 fully saturated rings. The summed E-state index contributed by atoms with van der Waals surface area (Å²) >= 11 is 0. The predicted octanol–water partition coefficient (Wildman–Crippen LogP) is 2.65. The largest absolute Gasteiger partial charge is 0.487 e. The van der Waals surface area contributed by atoms with Gasteiger partial charge in [0.2, 0.25) is 5.91 Å². The van der Waals surface area contributed by atoms with E-state index in [1.807, 2.05) is 24.3 Å². The van der Waals surface area contributed by atoms with Crippen LogP contribution in [0.4, 0.5) is 0 Å². The normalized spacial score (nSPS) is 27.4. The number of hydrogen-bond donors (Lipinski definition) is 3. The van der Waals surface area contributed by atoms with E-state index in [1.165, 1.54) is 0 Å². The highest BCUT2D eigenvalue weighted by molar-refractivity contribution is 6.74. The Hall–Kier alpha value is -1.45. The van der Waals surface area contributed by atoms with E-state index in [-0.39, 0.29) is 28.8 Å². The molecule has 1 aromatic carbocycles. The third-order valence-corrected chi connectivity index (χ3v) is 11.8. The predicted molar refractivity (Wildman–Crippen MR) is 128 cm³/mol. The lowest BCUT2D eigenvalue weighted by atomic mass is 9.71. The quantitative estimate of drug-likeness (QED) is 0.385. The minimum Gasteiger partial charge on any atom is -0.487 e. The molecule has 1 amide bonds. The molecular formula is C24H40N2O5Si. The highest BCUT2D eigenvalue weighted by Crippen LogP contribution is 2.48. The van der Waals surface area contributed by atoms with Crippen molar-refractivity contribution in [3.63, 3.8) is 0 Å². The lowest BCUT2D eigenvalue weighted by Gasteiger charge is -2.41. The van der Waals surface area contributed by atoms with Gasteiger partial charge in [-0.1, -0.05) is 39.0 Å². The Morgan fingerprint density at radius 1 is 1.22 bits per heavy atom. The summed E-state index contributed by atoms with van der Waals surface area (Å²) in [7, 11) is -0.204. The van der Waals surface area contributed by atoms with Crippen LogP contribution in [0.2, 0.25) is 18.1 Å². The SMILES string of the molecule is COCCN[C@@H]1CC(C(=O)NCCO[Si](C)(C)C(C)(C)C)[C@@H]2c3ccccc3O[C@@H]2[C@H]1O. The van der Waals surface area contributed by atoms with Crippen molar-refractivity contribution in [2.45, 2.75) is 69.5 Å². The van der Waals surface area contributed by atoms with Crippen molar-refractivity contribution in [2.24, 2.45) is 5.92 Å². The minimum absolute atomic E-state index is 0.00965. The molecule has 5 atom stereocenters. The van der Waals surface area contributed by atoms with E-state index in [2.05, 4.69) is 44.5 Å². The van der Waals surface area contributed by atoms with Gasteiger partial charge in [0.1, 0.15) is 18.0 Å². The maximum absolute atomic E-state index is 13.3. The summed E-state index contributed by atoms with van der Waals surface area (Å²) in [5.74, 6) is 0.297. The molecule has 3 N–H and O–H groups in total. The molecule has 0 bridgehead atoms. The fourth-order valence-electron chi connectivity index (χ4n) is 4.43. The van der Waals surface area contributed by atoms with Crippen LogP contribution in [0.1, 0.15) is 38.7 Å². The van der Waals surface area contributed by atoms with Crippen molar-refractivity contribution in [1.29, 1.82) is 0 Å². The summed E-state index contributed by atoms with van der Waals surface area (Å²) in [4.78, 5) is 13.3. The molecule has 3 rings (SSSR count). The van der Waals surface area contributed by atoms with Crippen LogP contribution in [0, 0.1) is 5.92 Å². The molecule has 0 radical (unpaired) electrons. The zero-order valence-electron chi connectivity index (χ0n) is 20.3. The molecule has 180 valence electrons. The van der Waals surface area contributed by atoms with Crippen LogP contribution in [-0.2, 0) is 14.0 Å². The average molecular weight is 465 g/mol. The van der Waals surface area contributed by atoms with Crippen LogP contribution in [0.15, 0.2) is 24.3 Å². The van der Waals surface area contributed by atoms with Gasteiger partial charge in [0.25, 0.3) is 0 Å². The maximum atomic E-state index is 13.3. The van der Waals surface area contributed by atoms with Crippen LogP contribution < -0.4 is 15.4 Å². The highest BCUT2D eigenvalue weighted by atomic mass is 28.4. The van der Waals surface area contributed by atoms with Gasteiger partial charge in [0, 0.05) is 37.7 Å². The lowest BCUT2D eigenvalue weighted by Crippen LogP contribution is -2.58. The number of para-hydroxylation sites is 1. The van der Waals surface area contributed by atoms with Crippen LogP contribution in [-0.4, -0.2) is 71.0 Å². The number of rotatable bonds is 9. The van der Waals surface area contributed by atoms with Gasteiger partial charge >= 0.3 is 0 Å².